The average Bonchev–Trinajstić information content (AvgIpc) is 3.11. The third-order valence-corrected chi connectivity index (χ3v) is 8.02. The van der Waals surface area contributed by atoms with Crippen molar-refractivity contribution in [1.29, 1.82) is 5.26 Å². The fourth-order valence-electron chi connectivity index (χ4n) is 2.84. The van der Waals surface area contributed by atoms with Gasteiger partial charge in [0.25, 0.3) is 0 Å². The molecule has 3 rings (SSSR count). The van der Waals surface area contributed by atoms with E-state index >= 15 is 0 Å². The molecule has 9 heteroatoms. The van der Waals surface area contributed by atoms with Crippen LogP contribution in [0.25, 0.3) is 10.4 Å². The number of hydrogen-bond acceptors (Lipinski definition) is 5. The zero-order valence-corrected chi connectivity index (χ0v) is 18.6. The maximum absolute atomic E-state index is 13.7. The molecule has 1 atom stereocenters. The van der Waals surface area contributed by atoms with Gasteiger partial charge >= 0.3 is 13.5 Å². The summed E-state index contributed by atoms with van der Waals surface area (Å²) in [5.74, 6) is -1.15. The number of hydrogen-bond donors (Lipinski definition) is 2. The van der Waals surface area contributed by atoms with Crippen LogP contribution in [-0.4, -0.2) is 17.7 Å². The number of rotatable bonds is 7. The molecule has 2 aromatic carbocycles. The Morgan fingerprint density at radius 1 is 1.27 bits per heavy atom. The summed E-state index contributed by atoms with van der Waals surface area (Å²) in [5, 5.41) is 22.0. The van der Waals surface area contributed by atoms with E-state index in [-0.39, 0.29) is 27.5 Å². The highest BCUT2D eigenvalue weighted by atomic mass is 35.5. The maximum atomic E-state index is 13.7. The van der Waals surface area contributed by atoms with Gasteiger partial charge < -0.3 is 14.7 Å². The molecule has 0 aliphatic heterocycles. The Morgan fingerprint density at radius 2 is 1.97 bits per heavy atom. The standard InChI is InChI=1S/C21H18ClN2O4PS/c1-3-28-29(27,18-9-4-13(2)10-16(18)22)24-17-11-19(30-20(17)21(25)26)15-7-5-14(12-23)6-8-15/h4-11H,3H2,1-2H3,(H,24,27)(H,25,26). The van der Waals surface area contributed by atoms with Crippen molar-refractivity contribution in [2.45, 2.75) is 13.8 Å². The predicted octanol–water partition coefficient (Wildman–Crippen LogP) is 5.91. The number of nitriles is 1. The third kappa shape index (κ3) is 4.58. The van der Waals surface area contributed by atoms with Crippen LogP contribution in [0.5, 0.6) is 0 Å². The van der Waals surface area contributed by atoms with Crippen LogP contribution < -0.4 is 10.4 Å². The number of carbonyl (C=O) groups is 1. The molecule has 2 N–H and O–H groups in total. The number of halogens is 1. The van der Waals surface area contributed by atoms with Gasteiger partial charge in [0.05, 0.1) is 34.3 Å². The topological polar surface area (TPSA) is 99.4 Å². The summed E-state index contributed by atoms with van der Waals surface area (Å²) in [5.41, 5.74) is 2.33. The zero-order valence-electron chi connectivity index (χ0n) is 16.2. The molecule has 0 aliphatic rings. The van der Waals surface area contributed by atoms with E-state index in [1.165, 1.54) is 0 Å². The van der Waals surface area contributed by atoms with E-state index in [2.05, 4.69) is 5.09 Å². The number of anilines is 1. The molecule has 0 radical (unpaired) electrons. The summed E-state index contributed by atoms with van der Waals surface area (Å²) < 4.78 is 19.2. The smallest absolute Gasteiger partial charge is 0.348 e. The molecule has 0 bridgehead atoms. The Morgan fingerprint density at radius 3 is 2.53 bits per heavy atom. The first kappa shape index (κ1) is 22.1. The average molecular weight is 461 g/mol. The Kier molecular flexibility index (Phi) is 6.64. The lowest BCUT2D eigenvalue weighted by Crippen LogP contribution is -2.16. The molecule has 1 aromatic heterocycles. The summed E-state index contributed by atoms with van der Waals surface area (Å²) in [6.45, 7) is 3.70. The SMILES string of the molecule is CCOP(=O)(Nc1cc(-c2ccc(C#N)cc2)sc1C(=O)O)c1ccc(C)cc1Cl. The summed E-state index contributed by atoms with van der Waals surface area (Å²) >= 11 is 7.36. The Bertz CT molecular complexity index is 1180. The largest absolute Gasteiger partial charge is 0.477 e. The third-order valence-electron chi connectivity index (χ3n) is 4.22. The van der Waals surface area contributed by atoms with Gasteiger partial charge in [-0.15, -0.1) is 11.3 Å². The monoisotopic (exact) mass is 460 g/mol. The molecule has 0 amide bonds. The van der Waals surface area contributed by atoms with Crippen LogP contribution in [0, 0.1) is 18.3 Å². The quantitative estimate of drug-likeness (QED) is 0.425. The van der Waals surface area contributed by atoms with E-state index in [1.807, 2.05) is 13.0 Å². The van der Waals surface area contributed by atoms with Crippen LogP contribution in [0.3, 0.4) is 0 Å². The van der Waals surface area contributed by atoms with Crippen molar-refractivity contribution in [2.24, 2.45) is 0 Å². The van der Waals surface area contributed by atoms with E-state index in [0.717, 1.165) is 22.5 Å². The Labute approximate surface area is 183 Å². The lowest BCUT2D eigenvalue weighted by atomic mass is 10.1. The van der Waals surface area contributed by atoms with Gasteiger partial charge in [-0.25, -0.2) is 4.79 Å². The molecule has 1 unspecified atom stereocenters. The second kappa shape index (κ2) is 9.03. The van der Waals surface area contributed by atoms with Gasteiger partial charge in [0.1, 0.15) is 4.88 Å². The molecule has 0 saturated carbocycles. The molecule has 0 fully saturated rings. The Balaban J connectivity index is 2.06. The van der Waals surface area contributed by atoms with E-state index in [4.69, 9.17) is 21.4 Å². The van der Waals surface area contributed by atoms with Crippen LogP contribution >= 0.6 is 30.5 Å². The highest BCUT2D eigenvalue weighted by Crippen LogP contribution is 2.50. The minimum Gasteiger partial charge on any atom is -0.477 e. The van der Waals surface area contributed by atoms with Crippen molar-refractivity contribution in [1.82, 2.24) is 0 Å². The molecular formula is C21H18ClN2O4PS. The molecule has 3 aromatic rings. The molecule has 0 aliphatic carbocycles. The fourth-order valence-corrected chi connectivity index (χ4v) is 6.24. The predicted molar refractivity (Wildman–Crippen MR) is 120 cm³/mol. The maximum Gasteiger partial charge on any atom is 0.348 e. The van der Waals surface area contributed by atoms with Gasteiger partial charge in [-0.1, -0.05) is 29.8 Å². The van der Waals surface area contributed by atoms with Gasteiger partial charge in [-0.05, 0) is 55.3 Å². The number of nitrogens with zero attached hydrogens (tertiary/aromatic N) is 1. The van der Waals surface area contributed by atoms with E-state index in [9.17, 15) is 14.5 Å². The van der Waals surface area contributed by atoms with E-state index in [0.29, 0.717) is 10.4 Å². The van der Waals surface area contributed by atoms with Crippen LogP contribution in [0.15, 0.2) is 48.5 Å². The molecule has 154 valence electrons. The van der Waals surface area contributed by atoms with Crippen molar-refractivity contribution >= 4 is 47.4 Å². The van der Waals surface area contributed by atoms with Crippen LogP contribution in [-0.2, 0) is 9.09 Å². The summed E-state index contributed by atoms with van der Waals surface area (Å²) in [7, 11) is -3.69. The lowest BCUT2D eigenvalue weighted by Gasteiger charge is -2.21. The van der Waals surface area contributed by atoms with Gasteiger partial charge in [0.2, 0.25) is 0 Å². The van der Waals surface area contributed by atoms with Crippen molar-refractivity contribution in [3.05, 3.63) is 69.6 Å². The normalized spacial score (nSPS) is 12.7. The minimum absolute atomic E-state index is 0.00229. The number of carboxylic acid groups (broad SMARTS) is 1. The number of thiophene rings is 1. The number of benzene rings is 2. The first-order valence-electron chi connectivity index (χ1n) is 8.94. The fraction of sp³-hybridized carbons (Fsp3) is 0.143. The number of nitrogens with one attached hydrogen (secondary N) is 1. The summed E-state index contributed by atoms with van der Waals surface area (Å²) in [4.78, 5) is 12.5. The highest BCUT2D eigenvalue weighted by Gasteiger charge is 2.31. The number of carboxylic acids is 1. The van der Waals surface area contributed by atoms with Crippen molar-refractivity contribution in [3.8, 4) is 16.5 Å². The first-order chi connectivity index (χ1) is 14.3. The summed E-state index contributed by atoms with van der Waals surface area (Å²) in [6, 6.07) is 15.5. The van der Waals surface area contributed by atoms with Crippen molar-refractivity contribution in [3.63, 3.8) is 0 Å². The van der Waals surface area contributed by atoms with Crippen LogP contribution in [0.4, 0.5) is 5.69 Å². The van der Waals surface area contributed by atoms with Gasteiger partial charge in [0.15, 0.2) is 0 Å². The van der Waals surface area contributed by atoms with E-state index < -0.39 is 13.5 Å². The molecule has 6 nitrogen and oxygen atoms in total. The summed E-state index contributed by atoms with van der Waals surface area (Å²) in [6.07, 6.45) is 0. The van der Waals surface area contributed by atoms with Crippen molar-refractivity contribution in [2.75, 3.05) is 11.7 Å². The van der Waals surface area contributed by atoms with Gasteiger partial charge in [-0.2, -0.15) is 5.26 Å². The molecular weight excluding hydrogens is 443 g/mol. The Hall–Kier alpha value is -2.62. The second-order valence-electron chi connectivity index (χ2n) is 6.38. The molecule has 0 saturated heterocycles. The molecule has 30 heavy (non-hydrogen) atoms. The van der Waals surface area contributed by atoms with Crippen LogP contribution in [0.2, 0.25) is 5.02 Å². The number of aromatic carboxylic acids is 1. The first-order valence-corrected chi connectivity index (χ1v) is 11.8. The zero-order chi connectivity index (χ0) is 21.9. The highest BCUT2D eigenvalue weighted by molar-refractivity contribution is 7.68. The minimum atomic E-state index is -3.69. The molecule has 0 spiro atoms. The van der Waals surface area contributed by atoms with Gasteiger partial charge in [0, 0.05) is 4.88 Å². The number of aryl methyl sites for hydroxylation is 1. The second-order valence-corrected chi connectivity index (χ2v) is 9.91. The van der Waals surface area contributed by atoms with Gasteiger partial charge in [-0.3, -0.25) is 4.57 Å². The van der Waals surface area contributed by atoms with Crippen LogP contribution in [0.1, 0.15) is 27.7 Å². The van der Waals surface area contributed by atoms with E-state index in [1.54, 1.807) is 55.5 Å². The molecule has 1 heterocycles. The lowest BCUT2D eigenvalue weighted by molar-refractivity contribution is 0.0703. The van der Waals surface area contributed by atoms with Crippen molar-refractivity contribution < 1.29 is 19.0 Å².